The maximum atomic E-state index is 6.25. The lowest BCUT2D eigenvalue weighted by Gasteiger charge is -2.36. The van der Waals surface area contributed by atoms with E-state index in [9.17, 15) is 0 Å². The number of rotatable bonds is 5. The zero-order valence-electron chi connectivity index (χ0n) is 11.7. The standard InChI is InChI=1S/C17H20ClNS/c1-2-14-7-8-15(20-14)11-19-13-9-12(10-13)16-5-3-4-6-17(16)18/h3-8,12-13,19H,2,9-11H2,1H3. The normalized spacial score (nSPS) is 21.7. The van der Waals surface area contributed by atoms with Crippen molar-refractivity contribution in [3.63, 3.8) is 0 Å². The Morgan fingerprint density at radius 2 is 1.90 bits per heavy atom. The molecule has 106 valence electrons. The molecular formula is C17H20ClNS. The van der Waals surface area contributed by atoms with Crippen molar-refractivity contribution in [2.24, 2.45) is 0 Å². The van der Waals surface area contributed by atoms with E-state index in [-0.39, 0.29) is 0 Å². The largest absolute Gasteiger partial charge is 0.309 e. The Kier molecular flexibility index (Phi) is 4.45. The Balaban J connectivity index is 1.48. The highest BCUT2D eigenvalue weighted by molar-refractivity contribution is 7.11. The smallest absolute Gasteiger partial charge is 0.0440 e. The van der Waals surface area contributed by atoms with Gasteiger partial charge in [0.1, 0.15) is 0 Å². The van der Waals surface area contributed by atoms with Gasteiger partial charge in [0.15, 0.2) is 0 Å². The first kappa shape index (κ1) is 14.1. The van der Waals surface area contributed by atoms with E-state index >= 15 is 0 Å². The second-order valence-electron chi connectivity index (χ2n) is 5.49. The van der Waals surface area contributed by atoms with Crippen molar-refractivity contribution >= 4 is 22.9 Å². The quantitative estimate of drug-likeness (QED) is 0.819. The Morgan fingerprint density at radius 1 is 1.15 bits per heavy atom. The SMILES string of the molecule is CCc1ccc(CNC2CC(c3ccccc3Cl)C2)s1. The van der Waals surface area contributed by atoms with E-state index in [2.05, 4.69) is 36.5 Å². The number of aryl methyl sites for hydroxylation is 1. The first-order valence-corrected chi connectivity index (χ1v) is 8.51. The molecule has 1 N–H and O–H groups in total. The average Bonchev–Trinajstić information content (AvgIpc) is 2.87. The molecule has 1 saturated carbocycles. The highest BCUT2D eigenvalue weighted by atomic mass is 35.5. The summed E-state index contributed by atoms with van der Waals surface area (Å²) in [5, 5.41) is 4.58. The molecule has 0 spiro atoms. The molecule has 1 aromatic heterocycles. The van der Waals surface area contributed by atoms with Crippen LogP contribution in [0.1, 0.15) is 41.0 Å². The monoisotopic (exact) mass is 305 g/mol. The van der Waals surface area contributed by atoms with Gasteiger partial charge in [0.25, 0.3) is 0 Å². The van der Waals surface area contributed by atoms with Crippen LogP contribution in [0.15, 0.2) is 36.4 Å². The Bertz CT molecular complexity index is 572. The molecule has 0 unspecified atom stereocenters. The summed E-state index contributed by atoms with van der Waals surface area (Å²) in [7, 11) is 0. The summed E-state index contributed by atoms with van der Waals surface area (Å²) in [6.45, 7) is 3.22. The van der Waals surface area contributed by atoms with Crippen molar-refractivity contribution in [2.45, 2.75) is 44.7 Å². The van der Waals surface area contributed by atoms with Crippen LogP contribution in [-0.4, -0.2) is 6.04 Å². The highest BCUT2D eigenvalue weighted by Gasteiger charge is 2.30. The van der Waals surface area contributed by atoms with Gasteiger partial charge in [-0.3, -0.25) is 0 Å². The van der Waals surface area contributed by atoms with Crippen LogP contribution < -0.4 is 5.32 Å². The number of thiophene rings is 1. The summed E-state index contributed by atoms with van der Waals surface area (Å²) in [6, 6.07) is 13.4. The third kappa shape index (κ3) is 3.08. The van der Waals surface area contributed by atoms with Gasteiger partial charge in [0, 0.05) is 27.4 Å². The van der Waals surface area contributed by atoms with Crippen molar-refractivity contribution in [1.29, 1.82) is 0 Å². The first-order chi connectivity index (χ1) is 9.76. The molecule has 20 heavy (non-hydrogen) atoms. The molecule has 3 rings (SSSR count). The lowest BCUT2D eigenvalue weighted by molar-refractivity contribution is 0.290. The van der Waals surface area contributed by atoms with Crippen LogP contribution in [0, 0.1) is 0 Å². The van der Waals surface area contributed by atoms with E-state index in [4.69, 9.17) is 11.6 Å². The number of benzene rings is 1. The van der Waals surface area contributed by atoms with Crippen LogP contribution in [0.5, 0.6) is 0 Å². The summed E-state index contributed by atoms with van der Waals surface area (Å²) >= 11 is 8.18. The molecule has 2 aromatic rings. The molecule has 1 aliphatic carbocycles. The Hall–Kier alpha value is -0.830. The topological polar surface area (TPSA) is 12.0 Å². The van der Waals surface area contributed by atoms with Crippen LogP contribution in [0.4, 0.5) is 0 Å². The van der Waals surface area contributed by atoms with Crippen molar-refractivity contribution < 1.29 is 0 Å². The molecule has 0 amide bonds. The lowest BCUT2D eigenvalue weighted by atomic mass is 9.76. The minimum absolute atomic E-state index is 0.635. The zero-order valence-corrected chi connectivity index (χ0v) is 13.3. The third-order valence-electron chi connectivity index (χ3n) is 4.11. The lowest BCUT2D eigenvalue weighted by Crippen LogP contribution is -2.39. The first-order valence-electron chi connectivity index (χ1n) is 7.31. The molecule has 1 heterocycles. The minimum Gasteiger partial charge on any atom is -0.309 e. The fraction of sp³-hybridized carbons (Fsp3) is 0.412. The van der Waals surface area contributed by atoms with Gasteiger partial charge in [0.05, 0.1) is 0 Å². The predicted molar refractivity (Wildman–Crippen MR) is 87.8 cm³/mol. The molecule has 3 heteroatoms. The van der Waals surface area contributed by atoms with Gasteiger partial charge >= 0.3 is 0 Å². The van der Waals surface area contributed by atoms with Crippen LogP contribution in [0.2, 0.25) is 5.02 Å². The van der Waals surface area contributed by atoms with Gasteiger partial charge in [-0.05, 0) is 48.9 Å². The van der Waals surface area contributed by atoms with Gasteiger partial charge in [-0.2, -0.15) is 0 Å². The summed E-state index contributed by atoms with van der Waals surface area (Å²) in [5.41, 5.74) is 1.32. The molecule has 0 radical (unpaired) electrons. The van der Waals surface area contributed by atoms with Crippen molar-refractivity contribution in [3.05, 3.63) is 56.7 Å². The summed E-state index contributed by atoms with van der Waals surface area (Å²) in [6.07, 6.45) is 3.55. The van der Waals surface area contributed by atoms with E-state index in [1.807, 2.05) is 23.5 Å². The number of halogens is 1. The fourth-order valence-corrected chi connectivity index (χ4v) is 4.00. The van der Waals surface area contributed by atoms with Crippen LogP contribution in [0.25, 0.3) is 0 Å². The van der Waals surface area contributed by atoms with Crippen molar-refractivity contribution in [3.8, 4) is 0 Å². The van der Waals surface area contributed by atoms with E-state index in [1.54, 1.807) is 0 Å². The summed E-state index contributed by atoms with van der Waals surface area (Å²) in [4.78, 5) is 2.92. The molecule has 1 fully saturated rings. The predicted octanol–water partition coefficient (Wildman–Crippen LogP) is 5.00. The Morgan fingerprint density at radius 3 is 2.60 bits per heavy atom. The number of nitrogens with one attached hydrogen (secondary N) is 1. The van der Waals surface area contributed by atoms with Crippen molar-refractivity contribution in [2.75, 3.05) is 0 Å². The number of hydrogen-bond acceptors (Lipinski definition) is 2. The van der Waals surface area contributed by atoms with E-state index in [0.717, 1.165) is 18.0 Å². The van der Waals surface area contributed by atoms with Crippen LogP contribution in [-0.2, 0) is 13.0 Å². The molecule has 1 nitrogen and oxygen atoms in total. The molecular weight excluding hydrogens is 286 g/mol. The summed E-state index contributed by atoms with van der Waals surface area (Å²) in [5.74, 6) is 0.635. The Labute approximate surface area is 130 Å². The van der Waals surface area contributed by atoms with Gasteiger partial charge < -0.3 is 5.32 Å². The molecule has 1 aromatic carbocycles. The second-order valence-corrected chi connectivity index (χ2v) is 7.15. The second kappa shape index (κ2) is 6.30. The van der Waals surface area contributed by atoms with Crippen LogP contribution in [0.3, 0.4) is 0 Å². The number of hydrogen-bond donors (Lipinski definition) is 1. The average molecular weight is 306 g/mol. The van der Waals surface area contributed by atoms with Crippen LogP contribution >= 0.6 is 22.9 Å². The fourth-order valence-electron chi connectivity index (χ4n) is 2.80. The van der Waals surface area contributed by atoms with E-state index < -0.39 is 0 Å². The van der Waals surface area contributed by atoms with Gasteiger partial charge in [-0.25, -0.2) is 0 Å². The minimum atomic E-state index is 0.635. The maximum absolute atomic E-state index is 6.25. The zero-order chi connectivity index (χ0) is 13.9. The van der Waals surface area contributed by atoms with Crippen molar-refractivity contribution in [1.82, 2.24) is 5.32 Å². The molecule has 0 atom stereocenters. The highest BCUT2D eigenvalue weighted by Crippen LogP contribution is 2.40. The van der Waals surface area contributed by atoms with Gasteiger partial charge in [0.2, 0.25) is 0 Å². The molecule has 0 bridgehead atoms. The molecule has 0 aliphatic heterocycles. The van der Waals surface area contributed by atoms with E-state index in [1.165, 1.54) is 28.2 Å². The van der Waals surface area contributed by atoms with Gasteiger partial charge in [-0.1, -0.05) is 36.7 Å². The summed E-state index contributed by atoms with van der Waals surface area (Å²) < 4.78 is 0. The maximum Gasteiger partial charge on any atom is 0.0440 e. The van der Waals surface area contributed by atoms with Gasteiger partial charge in [-0.15, -0.1) is 11.3 Å². The third-order valence-corrected chi connectivity index (χ3v) is 5.69. The molecule has 0 saturated heterocycles. The molecule has 1 aliphatic rings. The van der Waals surface area contributed by atoms with E-state index in [0.29, 0.717) is 12.0 Å².